The van der Waals surface area contributed by atoms with Gasteiger partial charge in [-0.2, -0.15) is 0 Å². The Morgan fingerprint density at radius 1 is 1.47 bits per heavy atom. The number of halogens is 2. The highest BCUT2D eigenvalue weighted by atomic mass is 79.9. The molecular formula is C15H22BrClN2. The first kappa shape index (κ1) is 15.3. The molecule has 0 radical (unpaired) electrons. The second-order valence-corrected chi connectivity index (χ2v) is 6.84. The van der Waals surface area contributed by atoms with Crippen molar-refractivity contribution >= 4 is 27.5 Å². The number of likely N-dealkylation sites (tertiary alicyclic amines) is 1. The van der Waals surface area contributed by atoms with Gasteiger partial charge in [0.1, 0.15) is 0 Å². The predicted octanol–water partition coefficient (Wildman–Crippen LogP) is 4.09. The second kappa shape index (κ2) is 6.57. The van der Waals surface area contributed by atoms with Crippen LogP contribution >= 0.6 is 27.5 Å². The normalized spacial score (nSPS) is 24.3. The molecule has 1 heterocycles. The molecule has 19 heavy (non-hydrogen) atoms. The zero-order chi connectivity index (χ0) is 14.0. The van der Waals surface area contributed by atoms with Crippen LogP contribution in [0.25, 0.3) is 0 Å². The molecule has 1 N–H and O–H groups in total. The van der Waals surface area contributed by atoms with E-state index < -0.39 is 0 Å². The highest BCUT2D eigenvalue weighted by Crippen LogP contribution is 2.41. The van der Waals surface area contributed by atoms with Crippen LogP contribution in [0.5, 0.6) is 0 Å². The molecule has 1 fully saturated rings. The van der Waals surface area contributed by atoms with Crippen molar-refractivity contribution in [2.24, 2.45) is 5.92 Å². The first-order chi connectivity index (χ1) is 9.04. The summed E-state index contributed by atoms with van der Waals surface area (Å²) in [7, 11) is 2.03. The minimum absolute atomic E-state index is 0.471. The SMILES string of the molecule is CNCC1CCN(C(C)C)C1c1ccc(Cl)cc1Br. The Hall–Kier alpha value is -0.0900. The van der Waals surface area contributed by atoms with Crippen LogP contribution in [-0.2, 0) is 0 Å². The highest BCUT2D eigenvalue weighted by molar-refractivity contribution is 9.10. The van der Waals surface area contributed by atoms with Crippen LogP contribution in [-0.4, -0.2) is 31.1 Å². The van der Waals surface area contributed by atoms with Gasteiger partial charge in [-0.25, -0.2) is 0 Å². The van der Waals surface area contributed by atoms with E-state index in [0.717, 1.165) is 16.0 Å². The fourth-order valence-corrected chi connectivity index (χ4v) is 4.03. The first-order valence-electron chi connectivity index (χ1n) is 6.90. The molecular weight excluding hydrogens is 324 g/mol. The van der Waals surface area contributed by atoms with Crippen molar-refractivity contribution in [2.45, 2.75) is 32.4 Å². The molecule has 2 atom stereocenters. The smallest absolute Gasteiger partial charge is 0.0417 e. The number of rotatable bonds is 4. The van der Waals surface area contributed by atoms with Gasteiger partial charge in [0.25, 0.3) is 0 Å². The summed E-state index contributed by atoms with van der Waals surface area (Å²) in [6.07, 6.45) is 1.25. The quantitative estimate of drug-likeness (QED) is 0.884. The Bertz CT molecular complexity index is 436. The van der Waals surface area contributed by atoms with Gasteiger partial charge in [-0.15, -0.1) is 0 Å². The van der Waals surface area contributed by atoms with Crippen molar-refractivity contribution in [3.8, 4) is 0 Å². The molecule has 4 heteroatoms. The molecule has 0 amide bonds. The molecule has 0 spiro atoms. The molecule has 2 unspecified atom stereocenters. The summed E-state index contributed by atoms with van der Waals surface area (Å²) in [4.78, 5) is 2.59. The Balaban J connectivity index is 2.34. The largest absolute Gasteiger partial charge is 0.319 e. The maximum absolute atomic E-state index is 6.06. The molecule has 0 bridgehead atoms. The number of benzene rings is 1. The van der Waals surface area contributed by atoms with Crippen LogP contribution in [0, 0.1) is 5.92 Å². The number of nitrogens with zero attached hydrogens (tertiary/aromatic N) is 1. The first-order valence-corrected chi connectivity index (χ1v) is 8.07. The van der Waals surface area contributed by atoms with Crippen molar-refractivity contribution in [3.63, 3.8) is 0 Å². The second-order valence-electron chi connectivity index (χ2n) is 5.55. The van der Waals surface area contributed by atoms with Crippen LogP contribution in [0.3, 0.4) is 0 Å². The van der Waals surface area contributed by atoms with Crippen molar-refractivity contribution in [1.29, 1.82) is 0 Å². The molecule has 1 aliphatic rings. The zero-order valence-electron chi connectivity index (χ0n) is 11.8. The zero-order valence-corrected chi connectivity index (χ0v) is 14.1. The molecule has 1 aromatic rings. The van der Waals surface area contributed by atoms with Crippen molar-refractivity contribution in [3.05, 3.63) is 33.3 Å². The standard InChI is InChI=1S/C15H22BrClN2/c1-10(2)19-7-6-11(9-18-3)15(19)13-5-4-12(17)8-14(13)16/h4-5,8,10-11,15,18H,6-7,9H2,1-3H3. The van der Waals surface area contributed by atoms with Gasteiger partial charge in [-0.05, 0) is 64.0 Å². The summed E-state index contributed by atoms with van der Waals surface area (Å²) in [5, 5.41) is 4.12. The van der Waals surface area contributed by atoms with Crippen LogP contribution in [0.2, 0.25) is 5.02 Å². The minimum Gasteiger partial charge on any atom is -0.319 e. The molecule has 1 aromatic carbocycles. The lowest BCUT2D eigenvalue weighted by Crippen LogP contribution is -2.34. The number of hydrogen-bond donors (Lipinski definition) is 1. The number of nitrogens with one attached hydrogen (secondary N) is 1. The summed E-state index contributed by atoms with van der Waals surface area (Å²) in [6, 6.07) is 7.20. The molecule has 0 aromatic heterocycles. The van der Waals surface area contributed by atoms with E-state index in [-0.39, 0.29) is 0 Å². The van der Waals surface area contributed by atoms with E-state index in [1.807, 2.05) is 19.2 Å². The summed E-state index contributed by atoms with van der Waals surface area (Å²) in [5.41, 5.74) is 1.36. The van der Waals surface area contributed by atoms with Gasteiger partial charge in [0.05, 0.1) is 0 Å². The molecule has 1 saturated heterocycles. The topological polar surface area (TPSA) is 15.3 Å². The molecule has 0 aliphatic carbocycles. The number of hydrogen-bond acceptors (Lipinski definition) is 2. The van der Waals surface area contributed by atoms with Gasteiger partial charge in [-0.1, -0.05) is 33.6 Å². The van der Waals surface area contributed by atoms with Crippen molar-refractivity contribution < 1.29 is 0 Å². The highest BCUT2D eigenvalue weighted by Gasteiger charge is 2.36. The average Bonchev–Trinajstić information content (AvgIpc) is 2.73. The monoisotopic (exact) mass is 344 g/mol. The van der Waals surface area contributed by atoms with Gasteiger partial charge in [0.15, 0.2) is 0 Å². The van der Waals surface area contributed by atoms with Crippen molar-refractivity contribution in [2.75, 3.05) is 20.1 Å². The Labute approximate surface area is 129 Å². The van der Waals surface area contributed by atoms with Gasteiger partial charge >= 0.3 is 0 Å². The molecule has 106 valence electrons. The molecule has 0 saturated carbocycles. The minimum atomic E-state index is 0.471. The Morgan fingerprint density at radius 2 is 2.21 bits per heavy atom. The Kier molecular flexibility index (Phi) is 5.29. The molecule has 2 rings (SSSR count). The third-order valence-corrected chi connectivity index (χ3v) is 4.89. The predicted molar refractivity (Wildman–Crippen MR) is 85.8 cm³/mol. The van der Waals surface area contributed by atoms with Crippen LogP contribution in [0.15, 0.2) is 22.7 Å². The van der Waals surface area contributed by atoms with E-state index in [4.69, 9.17) is 11.6 Å². The average molecular weight is 346 g/mol. The van der Waals surface area contributed by atoms with E-state index in [1.165, 1.54) is 18.5 Å². The lowest BCUT2D eigenvalue weighted by molar-refractivity contribution is 0.182. The Morgan fingerprint density at radius 3 is 2.79 bits per heavy atom. The van der Waals surface area contributed by atoms with Crippen LogP contribution in [0.1, 0.15) is 31.9 Å². The molecule has 2 nitrogen and oxygen atoms in total. The van der Waals surface area contributed by atoms with Gasteiger partial charge in [0, 0.05) is 21.6 Å². The lowest BCUT2D eigenvalue weighted by atomic mass is 9.93. The van der Waals surface area contributed by atoms with Gasteiger partial charge < -0.3 is 5.32 Å². The van der Waals surface area contributed by atoms with E-state index in [2.05, 4.69) is 46.1 Å². The van der Waals surface area contributed by atoms with Crippen LogP contribution < -0.4 is 5.32 Å². The van der Waals surface area contributed by atoms with E-state index in [9.17, 15) is 0 Å². The van der Waals surface area contributed by atoms with Gasteiger partial charge in [-0.3, -0.25) is 4.90 Å². The maximum Gasteiger partial charge on any atom is 0.0417 e. The maximum atomic E-state index is 6.06. The summed E-state index contributed by atoms with van der Waals surface area (Å²) >= 11 is 9.74. The third kappa shape index (κ3) is 3.33. The van der Waals surface area contributed by atoms with Gasteiger partial charge in [0.2, 0.25) is 0 Å². The van der Waals surface area contributed by atoms with Crippen molar-refractivity contribution in [1.82, 2.24) is 10.2 Å². The summed E-state index contributed by atoms with van der Waals surface area (Å²) < 4.78 is 1.12. The molecule has 1 aliphatic heterocycles. The van der Waals surface area contributed by atoms with Crippen LogP contribution in [0.4, 0.5) is 0 Å². The fraction of sp³-hybridized carbons (Fsp3) is 0.600. The fourth-order valence-electron chi connectivity index (χ4n) is 3.11. The summed E-state index contributed by atoms with van der Waals surface area (Å²) in [6.45, 7) is 6.78. The third-order valence-electron chi connectivity index (χ3n) is 3.97. The summed E-state index contributed by atoms with van der Waals surface area (Å²) in [5.74, 6) is 0.657. The van der Waals surface area contributed by atoms with E-state index in [0.29, 0.717) is 18.0 Å². The van der Waals surface area contributed by atoms with E-state index in [1.54, 1.807) is 0 Å². The lowest BCUT2D eigenvalue weighted by Gasteiger charge is -2.32. The van der Waals surface area contributed by atoms with E-state index >= 15 is 0 Å².